The van der Waals surface area contributed by atoms with E-state index in [4.69, 9.17) is 9.47 Å². The van der Waals surface area contributed by atoms with E-state index in [9.17, 15) is 9.59 Å². The topological polar surface area (TPSA) is 85.7 Å². The highest BCUT2D eigenvalue weighted by Crippen LogP contribution is 2.18. The Morgan fingerprint density at radius 3 is 2.44 bits per heavy atom. The van der Waals surface area contributed by atoms with Gasteiger partial charge in [0.05, 0.1) is 6.54 Å². The Morgan fingerprint density at radius 2 is 1.68 bits per heavy atom. The normalized spacial score (nSPS) is 10.8. The van der Waals surface area contributed by atoms with Crippen molar-refractivity contribution in [2.75, 3.05) is 32.8 Å². The van der Waals surface area contributed by atoms with Crippen LogP contribution in [-0.4, -0.2) is 53.4 Å². The molecule has 0 unspecified atom stereocenters. The number of rotatable bonds is 13. The Bertz CT molecular complexity index is 1100. The largest absolute Gasteiger partial charge is 0.492 e. The SMILES string of the molecule is CCN(CC)CCOc1ccccc1CNC(=O)c1ccc(=O)n(CCOc2ccccc2)n1. The molecule has 0 fully saturated rings. The maximum absolute atomic E-state index is 12.7. The molecule has 1 N–H and O–H groups in total. The van der Waals surface area contributed by atoms with Gasteiger partial charge in [-0.2, -0.15) is 5.10 Å². The lowest BCUT2D eigenvalue weighted by atomic mass is 10.2. The highest BCUT2D eigenvalue weighted by atomic mass is 16.5. The van der Waals surface area contributed by atoms with Gasteiger partial charge in [0.1, 0.15) is 30.4 Å². The zero-order chi connectivity index (χ0) is 24.2. The molecule has 1 aromatic heterocycles. The molecule has 0 saturated heterocycles. The third-order valence-corrected chi connectivity index (χ3v) is 5.39. The molecule has 8 heteroatoms. The number of para-hydroxylation sites is 2. The lowest BCUT2D eigenvalue weighted by molar-refractivity contribution is 0.0942. The summed E-state index contributed by atoms with van der Waals surface area (Å²) < 4.78 is 12.8. The Hall–Kier alpha value is -3.65. The van der Waals surface area contributed by atoms with Crippen molar-refractivity contribution in [1.82, 2.24) is 20.0 Å². The highest BCUT2D eigenvalue weighted by molar-refractivity contribution is 5.91. The van der Waals surface area contributed by atoms with Gasteiger partial charge in [-0.1, -0.05) is 50.2 Å². The second kappa shape index (κ2) is 13.2. The second-order valence-corrected chi connectivity index (χ2v) is 7.61. The summed E-state index contributed by atoms with van der Waals surface area (Å²) in [6.45, 7) is 8.41. The second-order valence-electron chi connectivity index (χ2n) is 7.61. The van der Waals surface area contributed by atoms with Crippen molar-refractivity contribution in [2.45, 2.75) is 26.9 Å². The van der Waals surface area contributed by atoms with Crippen LogP contribution < -0.4 is 20.3 Å². The Balaban J connectivity index is 1.55. The lowest BCUT2D eigenvalue weighted by Crippen LogP contribution is -2.31. The third kappa shape index (κ3) is 7.45. The van der Waals surface area contributed by atoms with Crippen LogP contribution in [0.1, 0.15) is 29.9 Å². The van der Waals surface area contributed by atoms with Crippen molar-refractivity contribution in [2.24, 2.45) is 0 Å². The fourth-order valence-corrected chi connectivity index (χ4v) is 3.38. The van der Waals surface area contributed by atoms with Gasteiger partial charge in [-0.25, -0.2) is 4.68 Å². The fourth-order valence-electron chi connectivity index (χ4n) is 3.38. The van der Waals surface area contributed by atoms with E-state index in [0.29, 0.717) is 12.4 Å². The van der Waals surface area contributed by atoms with Gasteiger partial charge in [-0.15, -0.1) is 0 Å². The molecule has 0 spiro atoms. The van der Waals surface area contributed by atoms with E-state index >= 15 is 0 Å². The standard InChI is InChI=1S/C26H32N4O4/c1-3-29(4-2)16-18-34-24-13-9-8-10-21(24)20-27-26(32)23-14-15-25(31)30(28-23)17-19-33-22-11-6-5-7-12-22/h5-15H,3-4,16-20H2,1-2H3,(H,27,32). The number of aromatic nitrogens is 2. The summed E-state index contributed by atoms with van der Waals surface area (Å²) in [6, 6.07) is 19.7. The van der Waals surface area contributed by atoms with Crippen molar-refractivity contribution in [3.8, 4) is 11.5 Å². The molecule has 0 atom stereocenters. The number of nitrogens with one attached hydrogen (secondary N) is 1. The molecule has 3 rings (SSSR count). The number of benzene rings is 2. The smallest absolute Gasteiger partial charge is 0.271 e. The zero-order valence-electron chi connectivity index (χ0n) is 19.8. The van der Waals surface area contributed by atoms with Gasteiger partial charge in [-0.05, 0) is 37.4 Å². The van der Waals surface area contributed by atoms with Gasteiger partial charge < -0.3 is 19.7 Å². The van der Waals surface area contributed by atoms with Crippen LogP contribution in [0.5, 0.6) is 11.5 Å². The van der Waals surface area contributed by atoms with E-state index in [1.807, 2.05) is 54.6 Å². The van der Waals surface area contributed by atoms with Crippen LogP contribution in [0, 0.1) is 0 Å². The number of hydrogen-bond donors (Lipinski definition) is 1. The molecule has 3 aromatic rings. The maximum atomic E-state index is 12.7. The minimum atomic E-state index is -0.365. The Morgan fingerprint density at radius 1 is 0.941 bits per heavy atom. The molecule has 8 nitrogen and oxygen atoms in total. The van der Waals surface area contributed by atoms with E-state index in [2.05, 4.69) is 29.2 Å². The first-order valence-electron chi connectivity index (χ1n) is 11.6. The molecule has 1 amide bonds. The van der Waals surface area contributed by atoms with Crippen LogP contribution in [-0.2, 0) is 13.1 Å². The number of likely N-dealkylation sites (N-methyl/N-ethyl adjacent to an activating group) is 1. The van der Waals surface area contributed by atoms with Crippen molar-refractivity contribution < 1.29 is 14.3 Å². The first kappa shape index (κ1) is 25.0. The number of nitrogens with zero attached hydrogens (tertiary/aromatic N) is 3. The molecule has 34 heavy (non-hydrogen) atoms. The number of ether oxygens (including phenoxy) is 2. The minimum absolute atomic E-state index is 0.166. The summed E-state index contributed by atoms with van der Waals surface area (Å²) in [5, 5.41) is 7.07. The van der Waals surface area contributed by atoms with Gasteiger partial charge in [0.25, 0.3) is 11.5 Å². The Labute approximate surface area is 200 Å². The molecule has 0 aliphatic heterocycles. The van der Waals surface area contributed by atoms with E-state index in [-0.39, 0.29) is 36.9 Å². The molecule has 0 saturated carbocycles. The number of carbonyl (C=O) groups excluding carboxylic acids is 1. The number of hydrogen-bond acceptors (Lipinski definition) is 6. The Kier molecular flexibility index (Phi) is 9.66. The zero-order valence-corrected chi connectivity index (χ0v) is 19.8. The average Bonchev–Trinajstić information content (AvgIpc) is 2.87. The molecule has 1 heterocycles. The van der Waals surface area contributed by atoms with Gasteiger partial charge in [0, 0.05) is 24.7 Å². The summed E-state index contributed by atoms with van der Waals surface area (Å²) in [7, 11) is 0. The highest BCUT2D eigenvalue weighted by Gasteiger charge is 2.12. The fraction of sp³-hybridized carbons (Fsp3) is 0.346. The first-order chi connectivity index (χ1) is 16.6. The van der Waals surface area contributed by atoms with Crippen LogP contribution in [0.4, 0.5) is 0 Å². The summed E-state index contributed by atoms with van der Waals surface area (Å²) in [5.41, 5.74) is 0.749. The van der Waals surface area contributed by atoms with E-state index < -0.39 is 0 Å². The molecule has 0 aliphatic carbocycles. The van der Waals surface area contributed by atoms with Gasteiger partial charge in [0.15, 0.2) is 0 Å². The quantitative estimate of drug-likeness (QED) is 0.419. The molecule has 0 aliphatic rings. The molecule has 0 radical (unpaired) electrons. The van der Waals surface area contributed by atoms with Crippen LogP contribution in [0.2, 0.25) is 0 Å². The first-order valence-corrected chi connectivity index (χ1v) is 11.6. The lowest BCUT2D eigenvalue weighted by Gasteiger charge is -2.19. The number of carbonyl (C=O) groups is 1. The van der Waals surface area contributed by atoms with Gasteiger partial charge in [0.2, 0.25) is 0 Å². The summed E-state index contributed by atoms with van der Waals surface area (Å²) >= 11 is 0. The van der Waals surface area contributed by atoms with Crippen LogP contribution >= 0.6 is 0 Å². The maximum Gasteiger partial charge on any atom is 0.271 e. The predicted octanol–water partition coefficient (Wildman–Crippen LogP) is 2.97. The molecule has 180 valence electrons. The van der Waals surface area contributed by atoms with Crippen LogP contribution in [0.3, 0.4) is 0 Å². The summed E-state index contributed by atoms with van der Waals surface area (Å²) in [4.78, 5) is 27.1. The average molecular weight is 465 g/mol. The predicted molar refractivity (Wildman–Crippen MR) is 131 cm³/mol. The summed E-state index contributed by atoms with van der Waals surface area (Å²) in [5.74, 6) is 1.09. The molecule has 2 aromatic carbocycles. The monoisotopic (exact) mass is 464 g/mol. The van der Waals surface area contributed by atoms with E-state index in [1.54, 1.807) is 0 Å². The van der Waals surface area contributed by atoms with E-state index in [0.717, 1.165) is 30.9 Å². The van der Waals surface area contributed by atoms with Crippen LogP contribution in [0.25, 0.3) is 0 Å². The molecular weight excluding hydrogens is 432 g/mol. The minimum Gasteiger partial charge on any atom is -0.492 e. The van der Waals surface area contributed by atoms with Gasteiger partial charge >= 0.3 is 0 Å². The van der Waals surface area contributed by atoms with Crippen molar-refractivity contribution >= 4 is 5.91 Å². The summed E-state index contributed by atoms with van der Waals surface area (Å²) in [6.07, 6.45) is 0. The molecule has 0 bridgehead atoms. The third-order valence-electron chi connectivity index (χ3n) is 5.39. The van der Waals surface area contributed by atoms with E-state index in [1.165, 1.54) is 16.8 Å². The van der Waals surface area contributed by atoms with Crippen LogP contribution in [0.15, 0.2) is 71.5 Å². The number of amides is 1. The molecular formula is C26H32N4O4. The van der Waals surface area contributed by atoms with Crippen molar-refractivity contribution in [1.29, 1.82) is 0 Å². The van der Waals surface area contributed by atoms with Gasteiger partial charge in [-0.3, -0.25) is 9.59 Å². The van der Waals surface area contributed by atoms with Crippen molar-refractivity contribution in [3.05, 3.63) is 88.3 Å². The van der Waals surface area contributed by atoms with Crippen molar-refractivity contribution in [3.63, 3.8) is 0 Å².